The van der Waals surface area contributed by atoms with Crippen LogP contribution in [0.1, 0.15) is 21.7 Å². The molecule has 0 radical (unpaired) electrons. The van der Waals surface area contributed by atoms with Gasteiger partial charge in [0.25, 0.3) is 5.91 Å². The lowest BCUT2D eigenvalue weighted by Crippen LogP contribution is -2.26. The molecular formula is C14H14F3N3OS. The second-order valence-corrected chi connectivity index (χ2v) is 5.81. The van der Waals surface area contributed by atoms with Crippen LogP contribution >= 0.6 is 11.8 Å². The minimum atomic E-state index is -4.28. The molecule has 2 aromatic rings. The second-order valence-electron chi connectivity index (χ2n) is 4.65. The minimum Gasteiger partial charge on any atom is -0.351 e. The number of benzene rings is 1. The van der Waals surface area contributed by atoms with Crippen LogP contribution in [-0.4, -0.2) is 33.7 Å². The van der Waals surface area contributed by atoms with Gasteiger partial charge in [0, 0.05) is 17.9 Å². The number of carbonyl (C=O) groups excluding carboxylic acids is 1. The average molecular weight is 329 g/mol. The van der Waals surface area contributed by atoms with Gasteiger partial charge >= 0.3 is 5.51 Å². The number of alkyl halides is 3. The van der Waals surface area contributed by atoms with Gasteiger partial charge in [-0.15, -0.1) is 0 Å². The highest BCUT2D eigenvalue weighted by Crippen LogP contribution is 2.29. The molecule has 1 aromatic carbocycles. The van der Waals surface area contributed by atoms with Crippen LogP contribution in [0.25, 0.3) is 11.0 Å². The number of nitrogens with zero attached hydrogens (tertiary/aromatic N) is 2. The molecule has 1 N–H and O–H groups in total. The first-order valence-electron chi connectivity index (χ1n) is 6.50. The smallest absolute Gasteiger partial charge is 0.351 e. The van der Waals surface area contributed by atoms with Crippen molar-refractivity contribution in [3.8, 4) is 0 Å². The van der Waals surface area contributed by atoms with Crippen molar-refractivity contribution in [2.24, 2.45) is 0 Å². The van der Waals surface area contributed by atoms with Gasteiger partial charge in [-0.05, 0) is 43.8 Å². The van der Waals surface area contributed by atoms with E-state index in [4.69, 9.17) is 0 Å². The van der Waals surface area contributed by atoms with Crippen molar-refractivity contribution in [1.29, 1.82) is 0 Å². The van der Waals surface area contributed by atoms with Crippen molar-refractivity contribution in [3.05, 3.63) is 35.2 Å². The molecule has 0 spiro atoms. The molecule has 22 heavy (non-hydrogen) atoms. The van der Waals surface area contributed by atoms with E-state index < -0.39 is 11.4 Å². The summed E-state index contributed by atoms with van der Waals surface area (Å²) in [5.74, 6) is -0.648. The summed E-state index contributed by atoms with van der Waals surface area (Å²) in [5.41, 5.74) is -1.09. The number of nitrogens with one attached hydrogen (secondary N) is 1. The lowest BCUT2D eigenvalue weighted by molar-refractivity contribution is -0.0327. The van der Waals surface area contributed by atoms with Gasteiger partial charge in [-0.3, -0.25) is 4.79 Å². The summed E-state index contributed by atoms with van der Waals surface area (Å²) in [7, 11) is 0. The van der Waals surface area contributed by atoms with Gasteiger partial charge in [-0.1, -0.05) is 0 Å². The molecule has 118 valence electrons. The van der Waals surface area contributed by atoms with Gasteiger partial charge in [0.15, 0.2) is 0 Å². The summed E-state index contributed by atoms with van der Waals surface area (Å²) >= 11 is -0.160. The average Bonchev–Trinajstić information content (AvgIpc) is 2.43. The number of fused-ring (bicyclic) bond motifs is 1. The Bertz CT molecular complexity index is 704. The zero-order valence-corrected chi connectivity index (χ0v) is 12.8. The molecule has 0 saturated heterocycles. The third-order valence-corrected chi connectivity index (χ3v) is 3.73. The Balaban J connectivity index is 2.04. The molecular weight excluding hydrogens is 315 g/mol. The largest absolute Gasteiger partial charge is 0.441 e. The van der Waals surface area contributed by atoms with Crippen LogP contribution < -0.4 is 5.32 Å². The van der Waals surface area contributed by atoms with Crippen LogP contribution in [0.2, 0.25) is 0 Å². The third-order valence-electron chi connectivity index (χ3n) is 2.99. The van der Waals surface area contributed by atoms with E-state index in [9.17, 15) is 18.0 Å². The number of halogens is 3. The van der Waals surface area contributed by atoms with Crippen molar-refractivity contribution >= 4 is 28.7 Å². The van der Waals surface area contributed by atoms with Crippen molar-refractivity contribution in [3.63, 3.8) is 0 Å². The van der Waals surface area contributed by atoms with E-state index in [1.807, 2.05) is 13.8 Å². The Morgan fingerprint density at radius 3 is 2.45 bits per heavy atom. The molecule has 4 nitrogen and oxygen atoms in total. The van der Waals surface area contributed by atoms with Crippen LogP contribution in [0.5, 0.6) is 0 Å². The highest BCUT2D eigenvalue weighted by molar-refractivity contribution is 8.00. The summed E-state index contributed by atoms with van der Waals surface area (Å²) in [6.45, 7) is 3.61. The predicted octanol–water partition coefficient (Wildman–Crippen LogP) is 3.23. The fourth-order valence-electron chi connectivity index (χ4n) is 1.81. The number of amides is 1. The first kappa shape index (κ1) is 16.5. The SMILES string of the molecule is Cc1nc2ccc(C(=O)NCCSC(F)(F)F)cc2nc1C. The Morgan fingerprint density at radius 1 is 1.18 bits per heavy atom. The fraction of sp³-hybridized carbons (Fsp3) is 0.357. The first-order chi connectivity index (χ1) is 10.3. The summed E-state index contributed by atoms with van der Waals surface area (Å²) in [4.78, 5) is 20.6. The molecule has 0 bridgehead atoms. The van der Waals surface area contributed by atoms with Gasteiger partial charge in [-0.25, -0.2) is 9.97 Å². The van der Waals surface area contributed by atoms with E-state index in [2.05, 4.69) is 15.3 Å². The highest BCUT2D eigenvalue weighted by Gasteiger charge is 2.27. The van der Waals surface area contributed by atoms with E-state index in [0.717, 1.165) is 11.4 Å². The first-order valence-corrected chi connectivity index (χ1v) is 7.49. The van der Waals surface area contributed by atoms with Crippen molar-refractivity contribution < 1.29 is 18.0 Å². The molecule has 0 aliphatic carbocycles. The molecule has 0 atom stereocenters. The molecule has 1 amide bonds. The number of rotatable bonds is 4. The standard InChI is InChI=1S/C14H14F3N3OS/c1-8-9(2)20-12-7-10(3-4-11(12)19-8)13(21)18-5-6-22-14(15,16)17/h3-4,7H,5-6H2,1-2H3,(H,18,21). The van der Waals surface area contributed by atoms with E-state index >= 15 is 0 Å². The van der Waals surface area contributed by atoms with Crippen LogP contribution in [-0.2, 0) is 0 Å². The number of hydrogen-bond donors (Lipinski definition) is 1. The summed E-state index contributed by atoms with van der Waals surface area (Å²) in [6, 6.07) is 4.84. The maximum Gasteiger partial charge on any atom is 0.441 e. The molecule has 8 heteroatoms. The van der Waals surface area contributed by atoms with Crippen molar-refractivity contribution in [2.45, 2.75) is 19.4 Å². The number of aromatic nitrogens is 2. The predicted molar refractivity (Wildman–Crippen MR) is 79.9 cm³/mol. The van der Waals surface area contributed by atoms with Gasteiger partial charge in [0.2, 0.25) is 0 Å². The molecule has 0 fully saturated rings. The second kappa shape index (κ2) is 6.51. The molecule has 2 rings (SSSR count). The Morgan fingerprint density at radius 2 is 1.82 bits per heavy atom. The van der Waals surface area contributed by atoms with Gasteiger partial charge in [0.05, 0.1) is 22.4 Å². The quantitative estimate of drug-likeness (QED) is 0.875. The Labute approximate surface area is 129 Å². The monoisotopic (exact) mass is 329 g/mol. The van der Waals surface area contributed by atoms with Gasteiger partial charge in [0.1, 0.15) is 0 Å². The highest BCUT2D eigenvalue weighted by atomic mass is 32.2. The molecule has 1 aromatic heterocycles. The molecule has 0 aliphatic heterocycles. The lowest BCUT2D eigenvalue weighted by Gasteiger charge is -2.08. The Kier molecular flexibility index (Phi) is 4.90. The zero-order chi connectivity index (χ0) is 16.3. The number of thioether (sulfide) groups is 1. The van der Waals surface area contributed by atoms with Crippen LogP contribution in [0, 0.1) is 13.8 Å². The molecule has 1 heterocycles. The van der Waals surface area contributed by atoms with E-state index in [1.165, 1.54) is 0 Å². The summed E-state index contributed by atoms with van der Waals surface area (Å²) in [5, 5.41) is 2.45. The van der Waals surface area contributed by atoms with E-state index in [0.29, 0.717) is 16.6 Å². The lowest BCUT2D eigenvalue weighted by atomic mass is 10.1. The third kappa shape index (κ3) is 4.33. The topological polar surface area (TPSA) is 54.9 Å². The maximum atomic E-state index is 12.0. The molecule has 0 unspecified atom stereocenters. The zero-order valence-electron chi connectivity index (χ0n) is 12.0. The van der Waals surface area contributed by atoms with Gasteiger partial charge in [-0.2, -0.15) is 13.2 Å². The van der Waals surface area contributed by atoms with Crippen LogP contribution in [0.15, 0.2) is 18.2 Å². The number of aryl methyl sites for hydroxylation is 2. The normalized spacial score (nSPS) is 11.7. The van der Waals surface area contributed by atoms with Crippen LogP contribution in [0.4, 0.5) is 13.2 Å². The van der Waals surface area contributed by atoms with Crippen molar-refractivity contribution in [2.75, 3.05) is 12.3 Å². The minimum absolute atomic E-state index is 0.0559. The summed E-state index contributed by atoms with van der Waals surface area (Å²) < 4.78 is 35.9. The molecule has 0 saturated carbocycles. The maximum absolute atomic E-state index is 12.0. The van der Waals surface area contributed by atoms with E-state index in [-0.39, 0.29) is 24.1 Å². The fourth-order valence-corrected chi connectivity index (χ4v) is 2.24. The number of carbonyl (C=O) groups is 1. The molecule has 0 aliphatic rings. The Hall–Kier alpha value is -1.83. The van der Waals surface area contributed by atoms with Gasteiger partial charge < -0.3 is 5.32 Å². The number of hydrogen-bond acceptors (Lipinski definition) is 4. The van der Waals surface area contributed by atoms with E-state index in [1.54, 1.807) is 18.2 Å². The van der Waals surface area contributed by atoms with Crippen LogP contribution in [0.3, 0.4) is 0 Å². The summed E-state index contributed by atoms with van der Waals surface area (Å²) in [6.07, 6.45) is 0. The van der Waals surface area contributed by atoms with Crippen molar-refractivity contribution in [1.82, 2.24) is 15.3 Å².